The minimum Gasteiger partial charge on any atom is -0.346 e. The second-order valence-corrected chi connectivity index (χ2v) is 9.56. The van der Waals surface area contributed by atoms with Crippen LogP contribution in [0, 0.1) is 6.07 Å². The highest BCUT2D eigenvalue weighted by molar-refractivity contribution is 7.53. The van der Waals surface area contributed by atoms with Gasteiger partial charge in [-0.05, 0) is 48.2 Å². The molecule has 0 fully saturated rings. The van der Waals surface area contributed by atoms with Crippen LogP contribution in [0.5, 0.6) is 0 Å². The molecule has 0 atom stereocenters. The van der Waals surface area contributed by atoms with Crippen LogP contribution in [0.25, 0.3) is 10.9 Å². The third-order valence-electron chi connectivity index (χ3n) is 5.45. The number of hydrogen-bond acceptors (Lipinski definition) is 1. The number of nitrogens with zero attached hydrogens (tertiary/aromatic N) is 1. The molecule has 2 N–H and O–H groups in total. The Bertz CT molecular complexity index is 1090. The van der Waals surface area contributed by atoms with Gasteiger partial charge < -0.3 is 14.4 Å². The zero-order chi connectivity index (χ0) is 20.3. The lowest BCUT2D eigenvalue weighted by Gasteiger charge is -2.35. The van der Waals surface area contributed by atoms with Gasteiger partial charge in [0.2, 0.25) is 0 Å². The molecular weight excluding hydrogens is 381 g/mol. The van der Waals surface area contributed by atoms with Gasteiger partial charge >= 0.3 is 7.60 Å². The largest absolute Gasteiger partial charge is 0.346 e. The van der Waals surface area contributed by atoms with E-state index in [4.69, 9.17) is 0 Å². The molecule has 0 spiro atoms. The van der Waals surface area contributed by atoms with Crippen LogP contribution in [0.4, 0.5) is 0 Å². The highest BCUT2D eigenvalue weighted by Crippen LogP contribution is 2.55. The van der Waals surface area contributed by atoms with Crippen LogP contribution in [0.15, 0.2) is 91.1 Å². The quantitative estimate of drug-likeness (QED) is 0.433. The lowest BCUT2D eigenvalue weighted by Crippen LogP contribution is -2.39. The van der Waals surface area contributed by atoms with Gasteiger partial charge in [0, 0.05) is 23.6 Å². The molecule has 1 aromatic heterocycles. The van der Waals surface area contributed by atoms with Crippen LogP contribution < -0.4 is 0 Å². The first-order valence-corrected chi connectivity index (χ1v) is 11.2. The summed E-state index contributed by atoms with van der Waals surface area (Å²) in [6.07, 6.45) is 2.47. The van der Waals surface area contributed by atoms with Crippen molar-refractivity contribution in [3.63, 3.8) is 0 Å². The standard InChI is InChI=1S/C24H23NO3P/c26-29(27,28)24(17-20-9-3-1-4-10-20,18-21-11-5-2-6-12-21)19-25-16-15-22-13-7-8-14-23(22)25/h1-6,8-16H,17-19H2,(H2,26,27,28). The maximum atomic E-state index is 13.0. The van der Waals surface area contributed by atoms with E-state index < -0.39 is 12.8 Å². The third kappa shape index (κ3) is 4.20. The topological polar surface area (TPSA) is 62.5 Å². The molecule has 3 aromatic carbocycles. The van der Waals surface area contributed by atoms with Gasteiger partial charge in [0.05, 0.1) is 5.16 Å². The number of aromatic nitrogens is 1. The maximum Gasteiger partial charge on any atom is 0.334 e. The molecule has 0 aliphatic heterocycles. The maximum absolute atomic E-state index is 13.0. The van der Waals surface area contributed by atoms with Crippen LogP contribution in [0.2, 0.25) is 0 Å². The lowest BCUT2D eigenvalue weighted by atomic mass is 9.91. The fourth-order valence-electron chi connectivity index (χ4n) is 3.96. The van der Waals surface area contributed by atoms with Gasteiger partial charge in [-0.2, -0.15) is 0 Å². The number of hydrogen-bond donors (Lipinski definition) is 2. The molecular formula is C24H23NO3P. The van der Waals surface area contributed by atoms with Crippen molar-refractivity contribution in [1.82, 2.24) is 4.57 Å². The highest BCUT2D eigenvalue weighted by Gasteiger charge is 2.47. The zero-order valence-electron chi connectivity index (χ0n) is 16.0. The second kappa shape index (κ2) is 8.00. The van der Waals surface area contributed by atoms with Gasteiger partial charge in [0.1, 0.15) is 0 Å². The van der Waals surface area contributed by atoms with Crippen molar-refractivity contribution in [2.75, 3.05) is 0 Å². The average molecular weight is 404 g/mol. The first-order chi connectivity index (χ1) is 14.0. The normalized spacial score (nSPS) is 12.3. The van der Waals surface area contributed by atoms with E-state index in [1.807, 2.05) is 95.7 Å². The van der Waals surface area contributed by atoms with Crippen molar-refractivity contribution in [3.05, 3.63) is 108 Å². The van der Waals surface area contributed by atoms with E-state index in [1.54, 1.807) is 0 Å². The second-order valence-electron chi connectivity index (χ2n) is 7.52. The SMILES string of the molecule is O=P(O)(O)C(Cc1ccccc1)(Cc1ccccc1)Cn1ccc2c[c]ccc21. The Morgan fingerprint density at radius 3 is 2.00 bits per heavy atom. The average Bonchev–Trinajstić information content (AvgIpc) is 3.11. The molecule has 4 nitrogen and oxygen atoms in total. The summed E-state index contributed by atoms with van der Waals surface area (Å²) in [5.41, 5.74) is 2.77. The van der Waals surface area contributed by atoms with E-state index in [9.17, 15) is 14.4 Å². The molecule has 0 aliphatic carbocycles. The summed E-state index contributed by atoms with van der Waals surface area (Å²) in [7, 11) is -4.49. The van der Waals surface area contributed by atoms with Gasteiger partial charge in [-0.15, -0.1) is 0 Å². The highest BCUT2D eigenvalue weighted by atomic mass is 31.2. The molecule has 147 valence electrons. The molecule has 0 saturated heterocycles. The Morgan fingerprint density at radius 2 is 1.45 bits per heavy atom. The van der Waals surface area contributed by atoms with Crippen molar-refractivity contribution >= 4 is 18.5 Å². The predicted molar refractivity (Wildman–Crippen MR) is 116 cm³/mol. The summed E-state index contributed by atoms with van der Waals surface area (Å²) in [6.45, 7) is 0.217. The van der Waals surface area contributed by atoms with Crippen molar-refractivity contribution in [2.24, 2.45) is 0 Å². The fraction of sp³-hybridized carbons (Fsp3) is 0.167. The van der Waals surface area contributed by atoms with Crippen LogP contribution >= 0.6 is 7.60 Å². The summed E-state index contributed by atoms with van der Waals surface area (Å²) in [5.74, 6) is 0. The first kappa shape index (κ1) is 19.7. The third-order valence-corrected chi connectivity index (χ3v) is 7.14. The van der Waals surface area contributed by atoms with E-state index in [0.717, 1.165) is 22.0 Å². The van der Waals surface area contributed by atoms with Crippen LogP contribution in [0.1, 0.15) is 11.1 Å². The van der Waals surface area contributed by atoms with Crippen molar-refractivity contribution in [1.29, 1.82) is 0 Å². The minimum absolute atomic E-state index is 0.217. The van der Waals surface area contributed by atoms with E-state index in [-0.39, 0.29) is 19.4 Å². The smallest absolute Gasteiger partial charge is 0.334 e. The van der Waals surface area contributed by atoms with Gasteiger partial charge in [0.25, 0.3) is 0 Å². The van der Waals surface area contributed by atoms with Gasteiger partial charge in [0.15, 0.2) is 0 Å². The summed E-state index contributed by atoms with van der Waals surface area (Å²) in [6, 6.07) is 29.8. The Balaban J connectivity index is 1.82. The van der Waals surface area contributed by atoms with Gasteiger partial charge in [-0.3, -0.25) is 4.57 Å². The first-order valence-electron chi connectivity index (χ1n) is 9.55. The Kier molecular flexibility index (Phi) is 5.42. The molecule has 1 heterocycles. The molecule has 0 unspecified atom stereocenters. The molecule has 0 saturated carbocycles. The van der Waals surface area contributed by atoms with E-state index in [2.05, 4.69) is 6.07 Å². The summed E-state index contributed by atoms with van der Waals surface area (Å²) in [5, 5.41) is -0.257. The lowest BCUT2D eigenvalue weighted by molar-refractivity contribution is 0.303. The van der Waals surface area contributed by atoms with Crippen molar-refractivity contribution in [2.45, 2.75) is 24.5 Å². The van der Waals surface area contributed by atoms with E-state index >= 15 is 0 Å². The molecule has 29 heavy (non-hydrogen) atoms. The summed E-state index contributed by atoms with van der Waals surface area (Å²) >= 11 is 0. The molecule has 4 aromatic rings. The molecule has 5 heteroatoms. The summed E-state index contributed by atoms with van der Waals surface area (Å²) < 4.78 is 15.0. The Morgan fingerprint density at radius 1 is 0.862 bits per heavy atom. The molecule has 4 rings (SSSR count). The molecule has 0 amide bonds. The predicted octanol–water partition coefficient (Wildman–Crippen LogP) is 4.84. The van der Waals surface area contributed by atoms with Crippen LogP contribution in [0.3, 0.4) is 0 Å². The number of benzene rings is 3. The fourth-order valence-corrected chi connectivity index (χ4v) is 5.07. The zero-order valence-corrected chi connectivity index (χ0v) is 16.9. The molecule has 1 radical (unpaired) electrons. The summed E-state index contributed by atoms with van der Waals surface area (Å²) in [4.78, 5) is 21.2. The van der Waals surface area contributed by atoms with Crippen molar-refractivity contribution in [3.8, 4) is 0 Å². The number of rotatable bonds is 7. The Hall–Kier alpha value is -2.65. The van der Waals surface area contributed by atoms with Crippen LogP contribution in [-0.2, 0) is 24.0 Å². The monoisotopic (exact) mass is 404 g/mol. The minimum atomic E-state index is -4.49. The molecule has 0 aliphatic rings. The van der Waals surface area contributed by atoms with Gasteiger partial charge in [-0.1, -0.05) is 66.7 Å². The van der Waals surface area contributed by atoms with Crippen molar-refractivity contribution < 1.29 is 14.4 Å². The number of fused-ring (bicyclic) bond motifs is 1. The van der Waals surface area contributed by atoms with E-state index in [1.165, 1.54) is 0 Å². The van der Waals surface area contributed by atoms with Gasteiger partial charge in [-0.25, -0.2) is 0 Å². The van der Waals surface area contributed by atoms with E-state index in [0.29, 0.717) is 0 Å². The van der Waals surface area contributed by atoms with Crippen LogP contribution in [-0.4, -0.2) is 19.5 Å². The Labute approximate surface area is 170 Å². The molecule has 0 bridgehead atoms.